The zero-order valence-electron chi connectivity index (χ0n) is 9.93. The van der Waals surface area contributed by atoms with Gasteiger partial charge in [-0.25, -0.2) is 0 Å². The molecule has 90 valence electrons. The number of methoxy groups -OCH3 is 1. The van der Waals surface area contributed by atoms with Crippen molar-refractivity contribution in [2.45, 2.75) is 37.9 Å². The molecule has 2 unspecified atom stereocenters. The number of hydrogen-bond acceptors (Lipinski definition) is 4. The minimum Gasteiger partial charge on any atom is -0.487 e. The standard InChI is InChI=1S/C13H16N2O2/c1-16-11-3-2-4-12(7-11)17-13-9-15-6-5-10(13)8-14/h5-6,9,11-12H,2-4,7H2,1H3. The second-order valence-electron chi connectivity index (χ2n) is 4.25. The van der Waals surface area contributed by atoms with Gasteiger partial charge in [0.25, 0.3) is 0 Å². The third-order valence-corrected chi connectivity index (χ3v) is 3.11. The zero-order valence-corrected chi connectivity index (χ0v) is 9.93. The highest BCUT2D eigenvalue weighted by molar-refractivity contribution is 5.40. The van der Waals surface area contributed by atoms with Crippen LogP contribution in [0.4, 0.5) is 0 Å². The van der Waals surface area contributed by atoms with Gasteiger partial charge in [-0.05, 0) is 25.3 Å². The Morgan fingerprint density at radius 2 is 2.24 bits per heavy atom. The molecular weight excluding hydrogens is 216 g/mol. The maximum atomic E-state index is 8.96. The van der Waals surface area contributed by atoms with Crippen LogP contribution in [0.25, 0.3) is 0 Å². The quantitative estimate of drug-likeness (QED) is 0.802. The Hall–Kier alpha value is -1.60. The SMILES string of the molecule is COC1CCCC(Oc2cnccc2C#N)C1. The molecule has 0 bridgehead atoms. The highest BCUT2D eigenvalue weighted by atomic mass is 16.5. The summed E-state index contributed by atoms with van der Waals surface area (Å²) in [6.45, 7) is 0. The van der Waals surface area contributed by atoms with Crippen LogP contribution in [-0.4, -0.2) is 24.3 Å². The van der Waals surface area contributed by atoms with Gasteiger partial charge in [0, 0.05) is 19.7 Å². The van der Waals surface area contributed by atoms with E-state index in [1.165, 1.54) is 0 Å². The Balaban J connectivity index is 2.03. The van der Waals surface area contributed by atoms with Crippen molar-refractivity contribution in [2.24, 2.45) is 0 Å². The largest absolute Gasteiger partial charge is 0.487 e. The van der Waals surface area contributed by atoms with Gasteiger partial charge >= 0.3 is 0 Å². The summed E-state index contributed by atoms with van der Waals surface area (Å²) in [5.41, 5.74) is 0.541. The van der Waals surface area contributed by atoms with Crippen LogP contribution >= 0.6 is 0 Å². The van der Waals surface area contributed by atoms with Crippen LogP contribution < -0.4 is 4.74 Å². The fraction of sp³-hybridized carbons (Fsp3) is 0.538. The summed E-state index contributed by atoms with van der Waals surface area (Å²) < 4.78 is 11.2. The summed E-state index contributed by atoms with van der Waals surface area (Å²) in [5, 5.41) is 8.96. The molecule has 0 N–H and O–H groups in total. The first-order valence-corrected chi connectivity index (χ1v) is 5.87. The van der Waals surface area contributed by atoms with Crippen molar-refractivity contribution in [3.8, 4) is 11.8 Å². The smallest absolute Gasteiger partial charge is 0.155 e. The van der Waals surface area contributed by atoms with Gasteiger partial charge in [-0.1, -0.05) is 0 Å². The lowest BCUT2D eigenvalue weighted by Gasteiger charge is -2.28. The Morgan fingerprint density at radius 3 is 3.00 bits per heavy atom. The van der Waals surface area contributed by atoms with E-state index in [0.717, 1.165) is 25.7 Å². The minimum atomic E-state index is 0.130. The Kier molecular flexibility index (Phi) is 3.94. The molecule has 0 radical (unpaired) electrons. The first-order valence-electron chi connectivity index (χ1n) is 5.87. The van der Waals surface area contributed by atoms with Crippen molar-refractivity contribution in [2.75, 3.05) is 7.11 Å². The molecule has 0 aliphatic heterocycles. The Morgan fingerprint density at radius 1 is 1.41 bits per heavy atom. The molecule has 1 fully saturated rings. The van der Waals surface area contributed by atoms with Gasteiger partial charge in [0.2, 0.25) is 0 Å². The van der Waals surface area contributed by atoms with Crippen LogP contribution in [0.2, 0.25) is 0 Å². The highest BCUT2D eigenvalue weighted by Gasteiger charge is 2.23. The van der Waals surface area contributed by atoms with Crippen molar-refractivity contribution < 1.29 is 9.47 Å². The van der Waals surface area contributed by atoms with Crippen LogP contribution in [0.5, 0.6) is 5.75 Å². The molecule has 1 aromatic rings. The van der Waals surface area contributed by atoms with Gasteiger partial charge in [-0.15, -0.1) is 0 Å². The number of hydrogen-bond donors (Lipinski definition) is 0. The summed E-state index contributed by atoms with van der Waals surface area (Å²) in [5.74, 6) is 0.580. The van der Waals surface area contributed by atoms with E-state index in [-0.39, 0.29) is 12.2 Å². The van der Waals surface area contributed by atoms with Gasteiger partial charge in [0.05, 0.1) is 17.9 Å². The second-order valence-corrected chi connectivity index (χ2v) is 4.25. The van der Waals surface area contributed by atoms with E-state index < -0.39 is 0 Å². The molecule has 1 heterocycles. The Labute approximate surface area is 101 Å². The zero-order chi connectivity index (χ0) is 12.1. The molecule has 0 aromatic carbocycles. The monoisotopic (exact) mass is 232 g/mol. The van der Waals surface area contributed by atoms with Crippen molar-refractivity contribution in [3.05, 3.63) is 24.0 Å². The number of rotatable bonds is 3. The lowest BCUT2D eigenvalue weighted by molar-refractivity contribution is 0.0207. The number of aromatic nitrogens is 1. The van der Waals surface area contributed by atoms with E-state index in [1.54, 1.807) is 25.6 Å². The minimum absolute atomic E-state index is 0.130. The van der Waals surface area contributed by atoms with Gasteiger partial charge in [0.1, 0.15) is 12.2 Å². The van der Waals surface area contributed by atoms with Crippen LogP contribution in [0, 0.1) is 11.3 Å². The predicted molar refractivity (Wildman–Crippen MR) is 62.6 cm³/mol. The first kappa shape index (κ1) is 11.9. The van der Waals surface area contributed by atoms with Gasteiger partial charge < -0.3 is 9.47 Å². The van der Waals surface area contributed by atoms with E-state index in [1.807, 2.05) is 0 Å². The molecule has 0 spiro atoms. The predicted octanol–water partition coefficient (Wildman–Crippen LogP) is 2.29. The van der Waals surface area contributed by atoms with E-state index >= 15 is 0 Å². The molecule has 4 nitrogen and oxygen atoms in total. The van der Waals surface area contributed by atoms with Crippen LogP contribution in [-0.2, 0) is 4.74 Å². The van der Waals surface area contributed by atoms with Crippen molar-refractivity contribution in [3.63, 3.8) is 0 Å². The van der Waals surface area contributed by atoms with E-state index in [2.05, 4.69) is 11.1 Å². The molecule has 2 rings (SSSR count). The summed E-state index contributed by atoms with van der Waals surface area (Å²) in [4.78, 5) is 3.99. The molecule has 1 saturated carbocycles. The lowest BCUT2D eigenvalue weighted by atomic mass is 9.95. The van der Waals surface area contributed by atoms with Crippen LogP contribution in [0.1, 0.15) is 31.2 Å². The molecule has 0 saturated heterocycles. The molecule has 17 heavy (non-hydrogen) atoms. The Bertz CT molecular complexity index is 414. The third-order valence-electron chi connectivity index (χ3n) is 3.11. The van der Waals surface area contributed by atoms with Gasteiger partial charge in [-0.3, -0.25) is 4.98 Å². The van der Waals surface area contributed by atoms with Gasteiger partial charge in [-0.2, -0.15) is 5.26 Å². The molecule has 1 aromatic heterocycles. The fourth-order valence-electron chi connectivity index (χ4n) is 2.17. The maximum Gasteiger partial charge on any atom is 0.155 e. The maximum absolute atomic E-state index is 8.96. The fourth-order valence-corrected chi connectivity index (χ4v) is 2.17. The molecule has 0 amide bonds. The average Bonchev–Trinajstić information content (AvgIpc) is 2.39. The number of nitriles is 1. The lowest BCUT2D eigenvalue weighted by Crippen LogP contribution is -2.29. The van der Waals surface area contributed by atoms with E-state index in [4.69, 9.17) is 14.7 Å². The van der Waals surface area contributed by atoms with Crippen molar-refractivity contribution >= 4 is 0 Å². The molecule has 1 aliphatic carbocycles. The molecular formula is C13H16N2O2. The van der Waals surface area contributed by atoms with Crippen molar-refractivity contribution in [1.82, 2.24) is 4.98 Å². The van der Waals surface area contributed by atoms with Crippen molar-refractivity contribution in [1.29, 1.82) is 5.26 Å². The summed E-state index contributed by atoms with van der Waals surface area (Å²) in [7, 11) is 1.73. The topological polar surface area (TPSA) is 55.1 Å². The number of pyridine rings is 1. The van der Waals surface area contributed by atoms with Crippen LogP contribution in [0.15, 0.2) is 18.5 Å². The second kappa shape index (κ2) is 5.65. The molecule has 2 atom stereocenters. The summed E-state index contributed by atoms with van der Waals surface area (Å²) >= 11 is 0. The van der Waals surface area contributed by atoms with E-state index in [9.17, 15) is 0 Å². The average molecular weight is 232 g/mol. The highest BCUT2D eigenvalue weighted by Crippen LogP contribution is 2.26. The summed E-state index contributed by atoms with van der Waals surface area (Å²) in [6.07, 6.45) is 7.70. The summed E-state index contributed by atoms with van der Waals surface area (Å²) in [6, 6.07) is 3.79. The first-order chi connectivity index (χ1) is 8.33. The normalized spacial score (nSPS) is 24.0. The number of nitrogens with zero attached hydrogens (tertiary/aromatic N) is 2. The van der Waals surface area contributed by atoms with Crippen LogP contribution in [0.3, 0.4) is 0 Å². The number of ether oxygens (including phenoxy) is 2. The van der Waals surface area contributed by atoms with E-state index in [0.29, 0.717) is 11.3 Å². The molecule has 4 heteroatoms. The molecule has 1 aliphatic rings. The van der Waals surface area contributed by atoms with Gasteiger partial charge in [0.15, 0.2) is 5.75 Å². The third kappa shape index (κ3) is 2.95.